The maximum absolute atomic E-state index is 11.9. The Bertz CT molecular complexity index is 517. The van der Waals surface area contributed by atoms with E-state index in [-0.39, 0.29) is 12.6 Å². The summed E-state index contributed by atoms with van der Waals surface area (Å²) in [4.78, 5) is 23.9. The number of carbonyl (C=O) groups excluding carboxylic acids is 2. The summed E-state index contributed by atoms with van der Waals surface area (Å²) >= 11 is 1.54. The maximum Gasteiger partial charge on any atom is 0.313 e. The van der Waals surface area contributed by atoms with Gasteiger partial charge in [-0.1, -0.05) is 6.07 Å². The zero-order valence-corrected chi connectivity index (χ0v) is 13.7. The third-order valence-electron chi connectivity index (χ3n) is 3.02. The molecule has 0 bridgehead atoms. The number of amides is 2. The highest BCUT2D eigenvalue weighted by atomic mass is 32.2. The minimum atomic E-state index is -0.724. The van der Waals surface area contributed by atoms with Gasteiger partial charge in [-0.25, -0.2) is 0 Å². The van der Waals surface area contributed by atoms with E-state index >= 15 is 0 Å². The fraction of sp³-hybridized carbons (Fsp3) is 0.467. The van der Waals surface area contributed by atoms with Crippen molar-refractivity contribution in [3.05, 3.63) is 29.3 Å². The average molecular weight is 325 g/mol. The number of hydrogen-bond acceptors (Lipinski definition) is 5. The predicted octanol–water partition coefficient (Wildman–Crippen LogP) is 0.622. The smallest absolute Gasteiger partial charge is 0.313 e. The largest absolute Gasteiger partial charge is 0.396 e. The van der Waals surface area contributed by atoms with Crippen LogP contribution in [0.2, 0.25) is 0 Å². The lowest BCUT2D eigenvalue weighted by Crippen LogP contribution is -2.43. The highest BCUT2D eigenvalue weighted by molar-refractivity contribution is 7.98. The van der Waals surface area contributed by atoms with Gasteiger partial charge in [-0.05, 0) is 42.9 Å². The molecule has 1 atom stereocenters. The first-order valence-corrected chi connectivity index (χ1v) is 8.41. The zero-order chi connectivity index (χ0) is 16.5. The zero-order valence-electron chi connectivity index (χ0n) is 12.9. The SMILES string of the molecule is CSCC(CCO)NC(=O)C(=O)Nc1cc(C)cc(CN)c1. The van der Waals surface area contributed by atoms with E-state index in [4.69, 9.17) is 10.8 Å². The number of benzene rings is 1. The van der Waals surface area contributed by atoms with Crippen molar-refractivity contribution in [1.29, 1.82) is 0 Å². The van der Waals surface area contributed by atoms with E-state index in [1.165, 1.54) is 0 Å². The van der Waals surface area contributed by atoms with Gasteiger partial charge in [0.05, 0.1) is 0 Å². The second-order valence-electron chi connectivity index (χ2n) is 5.00. The van der Waals surface area contributed by atoms with Gasteiger partial charge in [0.25, 0.3) is 0 Å². The fourth-order valence-corrected chi connectivity index (χ4v) is 2.70. The van der Waals surface area contributed by atoms with Crippen molar-refractivity contribution in [2.75, 3.05) is 23.9 Å². The lowest BCUT2D eigenvalue weighted by molar-refractivity contribution is -0.136. The fourth-order valence-electron chi connectivity index (χ4n) is 2.05. The Morgan fingerprint density at radius 3 is 2.64 bits per heavy atom. The third kappa shape index (κ3) is 6.05. The second-order valence-corrected chi connectivity index (χ2v) is 5.91. The summed E-state index contributed by atoms with van der Waals surface area (Å²) in [6.07, 6.45) is 2.32. The van der Waals surface area contributed by atoms with Crippen LogP contribution >= 0.6 is 11.8 Å². The molecular formula is C15H23N3O3S. The first kappa shape index (κ1) is 18.5. The summed E-state index contributed by atoms with van der Waals surface area (Å²) in [5.41, 5.74) is 7.98. The van der Waals surface area contributed by atoms with Gasteiger partial charge in [0.2, 0.25) is 0 Å². The molecule has 0 aliphatic heterocycles. The first-order chi connectivity index (χ1) is 10.5. The number of aryl methyl sites for hydroxylation is 1. The van der Waals surface area contributed by atoms with Gasteiger partial charge >= 0.3 is 11.8 Å². The number of hydrogen-bond donors (Lipinski definition) is 4. The number of nitrogens with one attached hydrogen (secondary N) is 2. The molecule has 0 fully saturated rings. The van der Waals surface area contributed by atoms with Crippen molar-refractivity contribution >= 4 is 29.3 Å². The molecule has 0 spiro atoms. The lowest BCUT2D eigenvalue weighted by atomic mass is 10.1. The van der Waals surface area contributed by atoms with Crippen LogP contribution in [0.5, 0.6) is 0 Å². The Hall–Kier alpha value is -1.57. The molecule has 1 unspecified atom stereocenters. The van der Waals surface area contributed by atoms with Gasteiger partial charge in [-0.2, -0.15) is 11.8 Å². The summed E-state index contributed by atoms with van der Waals surface area (Å²) in [5.74, 6) is -0.789. The molecule has 0 aliphatic carbocycles. The average Bonchev–Trinajstić information content (AvgIpc) is 2.46. The summed E-state index contributed by atoms with van der Waals surface area (Å²) in [5, 5.41) is 14.2. The van der Waals surface area contributed by atoms with E-state index in [1.54, 1.807) is 23.9 Å². The molecule has 1 rings (SSSR count). The van der Waals surface area contributed by atoms with Crippen molar-refractivity contribution < 1.29 is 14.7 Å². The van der Waals surface area contributed by atoms with Crippen LogP contribution in [0.1, 0.15) is 17.5 Å². The monoisotopic (exact) mass is 325 g/mol. The quantitative estimate of drug-likeness (QED) is 0.550. The highest BCUT2D eigenvalue weighted by Crippen LogP contribution is 2.14. The van der Waals surface area contributed by atoms with E-state index in [2.05, 4.69) is 10.6 Å². The van der Waals surface area contributed by atoms with Crippen molar-refractivity contribution in [1.82, 2.24) is 5.32 Å². The Labute approximate surface area is 134 Å². The molecule has 0 aromatic heterocycles. The number of carbonyl (C=O) groups is 2. The second kappa shape index (κ2) is 9.45. The van der Waals surface area contributed by atoms with Gasteiger partial charge in [0.15, 0.2) is 0 Å². The molecule has 0 saturated carbocycles. The molecule has 0 aliphatic rings. The first-order valence-electron chi connectivity index (χ1n) is 7.02. The minimum absolute atomic E-state index is 0.0368. The van der Waals surface area contributed by atoms with Gasteiger partial charge < -0.3 is 21.5 Å². The van der Waals surface area contributed by atoms with Gasteiger partial charge in [-0.3, -0.25) is 9.59 Å². The van der Waals surface area contributed by atoms with Gasteiger partial charge in [-0.15, -0.1) is 0 Å². The van der Waals surface area contributed by atoms with Crippen LogP contribution in [0.3, 0.4) is 0 Å². The molecule has 6 nitrogen and oxygen atoms in total. The number of rotatable bonds is 7. The highest BCUT2D eigenvalue weighted by Gasteiger charge is 2.18. The van der Waals surface area contributed by atoms with Crippen molar-refractivity contribution in [3.63, 3.8) is 0 Å². The van der Waals surface area contributed by atoms with Crippen LogP contribution in [0.25, 0.3) is 0 Å². The van der Waals surface area contributed by atoms with E-state index in [0.29, 0.717) is 24.4 Å². The standard InChI is InChI=1S/C15H23N3O3S/c1-10-5-11(8-16)7-13(6-10)18-15(21)14(20)17-12(3-4-19)9-22-2/h5-7,12,19H,3-4,8-9,16H2,1-2H3,(H,17,20)(H,18,21). The molecule has 0 heterocycles. The minimum Gasteiger partial charge on any atom is -0.396 e. The van der Waals surface area contributed by atoms with Crippen LogP contribution in [-0.4, -0.2) is 41.6 Å². The van der Waals surface area contributed by atoms with E-state index < -0.39 is 11.8 Å². The van der Waals surface area contributed by atoms with Crippen LogP contribution < -0.4 is 16.4 Å². The Morgan fingerprint density at radius 2 is 2.05 bits per heavy atom. The summed E-state index contributed by atoms with van der Waals surface area (Å²) in [7, 11) is 0. The maximum atomic E-state index is 11.9. The summed E-state index contributed by atoms with van der Waals surface area (Å²) in [6.45, 7) is 2.22. The molecule has 22 heavy (non-hydrogen) atoms. The Morgan fingerprint density at radius 1 is 1.32 bits per heavy atom. The summed E-state index contributed by atoms with van der Waals surface area (Å²) < 4.78 is 0. The van der Waals surface area contributed by atoms with E-state index in [9.17, 15) is 9.59 Å². The number of nitrogens with two attached hydrogens (primary N) is 1. The molecule has 1 aromatic rings. The number of anilines is 1. The van der Waals surface area contributed by atoms with Crippen LogP contribution in [0, 0.1) is 6.92 Å². The summed E-state index contributed by atoms with van der Waals surface area (Å²) in [6, 6.07) is 5.21. The molecule has 2 amide bonds. The third-order valence-corrected chi connectivity index (χ3v) is 3.75. The van der Waals surface area contributed by atoms with Crippen LogP contribution in [0.15, 0.2) is 18.2 Å². The Kier molecular flexibility index (Phi) is 7.94. The molecule has 0 saturated heterocycles. The van der Waals surface area contributed by atoms with E-state index in [1.807, 2.05) is 19.2 Å². The lowest BCUT2D eigenvalue weighted by Gasteiger charge is -2.16. The molecule has 5 N–H and O–H groups in total. The number of aliphatic hydroxyl groups excluding tert-OH is 1. The molecular weight excluding hydrogens is 302 g/mol. The van der Waals surface area contributed by atoms with Crippen LogP contribution in [0.4, 0.5) is 5.69 Å². The molecule has 7 heteroatoms. The number of thioether (sulfide) groups is 1. The van der Waals surface area contributed by atoms with Gasteiger partial charge in [0, 0.05) is 30.6 Å². The predicted molar refractivity (Wildman–Crippen MR) is 89.7 cm³/mol. The van der Waals surface area contributed by atoms with Gasteiger partial charge in [0.1, 0.15) is 0 Å². The molecule has 122 valence electrons. The topological polar surface area (TPSA) is 104 Å². The number of aliphatic hydroxyl groups is 1. The van der Waals surface area contributed by atoms with Crippen molar-refractivity contribution in [2.24, 2.45) is 5.73 Å². The Balaban J connectivity index is 2.67. The van der Waals surface area contributed by atoms with Crippen molar-refractivity contribution in [2.45, 2.75) is 25.9 Å². The molecule has 0 radical (unpaired) electrons. The molecule has 1 aromatic carbocycles. The van der Waals surface area contributed by atoms with Crippen LogP contribution in [-0.2, 0) is 16.1 Å². The van der Waals surface area contributed by atoms with E-state index in [0.717, 1.165) is 11.1 Å². The van der Waals surface area contributed by atoms with Crippen molar-refractivity contribution in [3.8, 4) is 0 Å². The normalized spacial score (nSPS) is 11.8.